The lowest BCUT2D eigenvalue weighted by Gasteiger charge is -2.13. The van der Waals surface area contributed by atoms with Crippen LogP contribution in [-0.4, -0.2) is 19.5 Å². The van der Waals surface area contributed by atoms with Gasteiger partial charge < -0.3 is 5.11 Å². The average Bonchev–Trinajstić information content (AvgIpc) is 2.48. The van der Waals surface area contributed by atoms with Crippen LogP contribution in [0.2, 0.25) is 0 Å². The van der Waals surface area contributed by atoms with E-state index >= 15 is 0 Å². The van der Waals surface area contributed by atoms with Gasteiger partial charge in [-0.3, -0.25) is 4.72 Å². The zero-order valence-electron chi connectivity index (χ0n) is 13.2. The molecule has 0 heterocycles. The first-order valence-corrected chi connectivity index (χ1v) is 8.56. The van der Waals surface area contributed by atoms with Crippen LogP contribution >= 0.6 is 0 Å². The molecule has 2 rings (SSSR count). The maximum Gasteiger partial charge on any atom is 0.335 e. The van der Waals surface area contributed by atoms with Crippen molar-refractivity contribution in [1.29, 1.82) is 5.26 Å². The Morgan fingerprint density at radius 1 is 1.17 bits per heavy atom. The summed E-state index contributed by atoms with van der Waals surface area (Å²) < 4.78 is 27.6. The number of carboxylic acid groups (broad SMARTS) is 1. The number of carboxylic acids is 1. The van der Waals surface area contributed by atoms with Crippen molar-refractivity contribution in [2.75, 3.05) is 4.72 Å². The largest absolute Gasteiger partial charge is 0.478 e. The molecule has 0 aromatic heterocycles. The van der Waals surface area contributed by atoms with Crippen molar-refractivity contribution in [3.63, 3.8) is 0 Å². The molecule has 2 N–H and O–H groups in total. The molecule has 2 aromatic carbocycles. The Bertz CT molecular complexity index is 926. The van der Waals surface area contributed by atoms with Crippen molar-refractivity contribution in [1.82, 2.24) is 0 Å². The number of nitrogens with one attached hydrogen (secondary N) is 1. The topological polar surface area (TPSA) is 107 Å². The smallest absolute Gasteiger partial charge is 0.335 e. The zero-order valence-corrected chi connectivity index (χ0v) is 14.0. The summed E-state index contributed by atoms with van der Waals surface area (Å²) in [7, 11) is -3.92. The number of hydrogen-bond donors (Lipinski definition) is 2. The van der Waals surface area contributed by atoms with Crippen molar-refractivity contribution in [2.45, 2.75) is 25.2 Å². The Hall–Kier alpha value is -2.85. The fraction of sp³-hybridized carbons (Fsp3) is 0.176. The minimum atomic E-state index is -3.92. The number of aromatic carboxylic acids is 1. The number of anilines is 1. The molecule has 0 spiro atoms. The summed E-state index contributed by atoms with van der Waals surface area (Å²) in [5, 5.41) is 17.8. The van der Waals surface area contributed by atoms with E-state index in [9.17, 15) is 18.3 Å². The monoisotopic (exact) mass is 344 g/mol. The van der Waals surface area contributed by atoms with Crippen LogP contribution in [0.5, 0.6) is 0 Å². The predicted molar refractivity (Wildman–Crippen MR) is 89.4 cm³/mol. The van der Waals surface area contributed by atoms with Crippen molar-refractivity contribution in [3.8, 4) is 6.07 Å². The quantitative estimate of drug-likeness (QED) is 0.867. The third-order valence-corrected chi connectivity index (χ3v) is 5.05. The van der Waals surface area contributed by atoms with Crippen molar-refractivity contribution in [3.05, 3.63) is 58.7 Å². The minimum Gasteiger partial charge on any atom is -0.478 e. The number of nitrogens with zero attached hydrogens (tertiary/aromatic N) is 1. The molecule has 7 heteroatoms. The number of sulfonamides is 1. The van der Waals surface area contributed by atoms with Crippen molar-refractivity contribution in [2.24, 2.45) is 0 Å². The highest BCUT2D eigenvalue weighted by molar-refractivity contribution is 7.92. The van der Waals surface area contributed by atoms with Gasteiger partial charge in [0, 0.05) is 5.69 Å². The molecule has 0 bridgehead atoms. The summed E-state index contributed by atoms with van der Waals surface area (Å²) in [5.74, 6) is -1.18. The maximum atomic E-state index is 12.6. The number of benzene rings is 2. The van der Waals surface area contributed by atoms with Gasteiger partial charge in [-0.2, -0.15) is 5.26 Å². The third kappa shape index (κ3) is 3.73. The maximum absolute atomic E-state index is 12.6. The standard InChI is InChI=1S/C17H16N2O4S/c1-11-9-12(2)16(10-15(11)17(20)21)24(22,23)19-14-5-3-13(4-6-14)7-8-18/h3-6,9-10,19H,7H2,1-2H3,(H,20,21). The van der Waals surface area contributed by atoms with Gasteiger partial charge in [-0.15, -0.1) is 0 Å². The van der Waals surface area contributed by atoms with Crippen LogP contribution in [0.1, 0.15) is 27.0 Å². The minimum absolute atomic E-state index is 0.0506. The van der Waals surface area contributed by atoms with Gasteiger partial charge in [0.05, 0.1) is 22.9 Å². The Balaban J connectivity index is 2.39. The highest BCUT2D eigenvalue weighted by Crippen LogP contribution is 2.23. The van der Waals surface area contributed by atoms with Gasteiger partial charge in [-0.1, -0.05) is 18.2 Å². The van der Waals surface area contributed by atoms with E-state index in [2.05, 4.69) is 4.72 Å². The van der Waals surface area contributed by atoms with Gasteiger partial charge in [0.2, 0.25) is 0 Å². The highest BCUT2D eigenvalue weighted by atomic mass is 32.2. The normalized spacial score (nSPS) is 10.9. The number of rotatable bonds is 5. The van der Waals surface area contributed by atoms with Crippen LogP contribution in [0.4, 0.5) is 5.69 Å². The predicted octanol–water partition coefficient (Wildman–Crippen LogP) is 2.87. The van der Waals surface area contributed by atoms with E-state index in [1.54, 1.807) is 38.1 Å². The van der Waals surface area contributed by atoms with E-state index in [-0.39, 0.29) is 16.9 Å². The fourth-order valence-corrected chi connectivity index (χ4v) is 3.66. The first-order chi connectivity index (χ1) is 11.2. The summed E-state index contributed by atoms with van der Waals surface area (Å²) >= 11 is 0. The van der Waals surface area contributed by atoms with Crippen LogP contribution in [0.25, 0.3) is 0 Å². The van der Waals surface area contributed by atoms with Gasteiger partial charge in [-0.05, 0) is 48.7 Å². The molecule has 0 aliphatic carbocycles. The van der Waals surface area contributed by atoms with E-state index in [0.29, 0.717) is 16.8 Å². The second-order valence-electron chi connectivity index (χ2n) is 5.38. The first kappa shape index (κ1) is 17.5. The summed E-state index contributed by atoms with van der Waals surface area (Å²) in [6.07, 6.45) is 0.242. The molecule has 0 fully saturated rings. The van der Waals surface area contributed by atoms with Crippen LogP contribution in [-0.2, 0) is 16.4 Å². The van der Waals surface area contributed by atoms with Gasteiger partial charge in [0.15, 0.2) is 0 Å². The first-order valence-electron chi connectivity index (χ1n) is 7.08. The molecule has 2 aromatic rings. The van der Waals surface area contributed by atoms with Crippen LogP contribution in [0, 0.1) is 25.2 Å². The Kier molecular flexibility index (Phi) is 4.90. The second-order valence-corrected chi connectivity index (χ2v) is 7.03. The zero-order chi connectivity index (χ0) is 17.9. The Morgan fingerprint density at radius 2 is 1.79 bits per heavy atom. The number of hydrogen-bond acceptors (Lipinski definition) is 4. The highest BCUT2D eigenvalue weighted by Gasteiger charge is 2.20. The molecule has 124 valence electrons. The van der Waals surface area contributed by atoms with E-state index in [4.69, 9.17) is 5.26 Å². The molecule has 0 saturated heterocycles. The molecule has 0 amide bonds. The van der Waals surface area contributed by atoms with E-state index in [1.165, 1.54) is 12.1 Å². The summed E-state index contributed by atoms with van der Waals surface area (Å²) in [6, 6.07) is 11.2. The molecule has 0 radical (unpaired) electrons. The van der Waals surface area contributed by atoms with Gasteiger partial charge in [0.1, 0.15) is 0 Å². The lowest BCUT2D eigenvalue weighted by molar-refractivity contribution is 0.0696. The van der Waals surface area contributed by atoms with Gasteiger partial charge in [-0.25, -0.2) is 13.2 Å². The molecule has 0 unspecified atom stereocenters. The molecular weight excluding hydrogens is 328 g/mol. The van der Waals surface area contributed by atoms with Crippen LogP contribution in [0.15, 0.2) is 41.3 Å². The number of carbonyl (C=O) groups is 1. The second kappa shape index (κ2) is 6.72. The van der Waals surface area contributed by atoms with E-state index in [1.807, 2.05) is 6.07 Å². The van der Waals surface area contributed by atoms with Gasteiger partial charge >= 0.3 is 5.97 Å². The molecule has 0 aliphatic heterocycles. The third-order valence-electron chi connectivity index (χ3n) is 3.53. The Morgan fingerprint density at radius 3 is 2.33 bits per heavy atom. The molecule has 0 saturated carbocycles. The van der Waals surface area contributed by atoms with Crippen molar-refractivity contribution < 1.29 is 18.3 Å². The van der Waals surface area contributed by atoms with E-state index in [0.717, 1.165) is 5.56 Å². The number of aryl methyl sites for hydroxylation is 2. The molecular formula is C17H16N2O4S. The molecule has 24 heavy (non-hydrogen) atoms. The summed E-state index contributed by atoms with van der Waals surface area (Å²) in [4.78, 5) is 11.2. The number of nitriles is 1. The van der Waals surface area contributed by atoms with E-state index < -0.39 is 16.0 Å². The van der Waals surface area contributed by atoms with Crippen LogP contribution < -0.4 is 4.72 Å². The fourth-order valence-electron chi connectivity index (χ4n) is 2.34. The average molecular weight is 344 g/mol. The Labute approximate surface area is 140 Å². The van der Waals surface area contributed by atoms with Crippen molar-refractivity contribution >= 4 is 21.7 Å². The molecule has 0 atom stereocenters. The molecule has 0 aliphatic rings. The SMILES string of the molecule is Cc1cc(C)c(S(=O)(=O)Nc2ccc(CC#N)cc2)cc1C(=O)O. The lowest BCUT2D eigenvalue weighted by atomic mass is 10.1. The lowest BCUT2D eigenvalue weighted by Crippen LogP contribution is -2.16. The summed E-state index contributed by atoms with van der Waals surface area (Å²) in [5.41, 5.74) is 2.03. The van der Waals surface area contributed by atoms with Crippen LogP contribution in [0.3, 0.4) is 0 Å². The molecule has 6 nitrogen and oxygen atoms in total. The van der Waals surface area contributed by atoms with Gasteiger partial charge in [0.25, 0.3) is 10.0 Å². The summed E-state index contributed by atoms with van der Waals surface area (Å²) in [6.45, 7) is 3.23.